The molecule has 0 aromatic carbocycles. The molecule has 1 heterocycles. The molecule has 19 heavy (non-hydrogen) atoms. The predicted octanol–water partition coefficient (Wildman–Crippen LogP) is 2.80. The van der Waals surface area contributed by atoms with Crippen LogP contribution in [0.5, 0.6) is 0 Å². The minimum absolute atomic E-state index is 0.332. The highest BCUT2D eigenvalue weighted by molar-refractivity contribution is 5.04. The molecule has 0 radical (unpaired) electrons. The standard InChI is InChI=1S/C16H32N2O/c1-4-17-15(13-19-14(2)3)16(9-5-6-10-16)18-11-7-8-12-18/h14-15,17H,4-13H2,1-3H3. The summed E-state index contributed by atoms with van der Waals surface area (Å²) < 4.78 is 5.96. The van der Waals surface area contributed by atoms with Gasteiger partial charge in [-0.25, -0.2) is 0 Å². The average Bonchev–Trinajstić information content (AvgIpc) is 3.04. The molecule has 0 amide bonds. The van der Waals surface area contributed by atoms with E-state index in [0.29, 0.717) is 17.7 Å². The molecule has 3 nitrogen and oxygen atoms in total. The topological polar surface area (TPSA) is 24.5 Å². The molecule has 2 fully saturated rings. The van der Waals surface area contributed by atoms with E-state index < -0.39 is 0 Å². The van der Waals surface area contributed by atoms with E-state index in [1.807, 2.05) is 0 Å². The first-order valence-electron chi connectivity index (χ1n) is 8.29. The van der Waals surface area contributed by atoms with Crippen molar-refractivity contribution in [3.05, 3.63) is 0 Å². The zero-order valence-electron chi connectivity index (χ0n) is 13.1. The third-order valence-corrected chi connectivity index (χ3v) is 4.90. The van der Waals surface area contributed by atoms with Crippen LogP contribution in [-0.2, 0) is 4.74 Å². The van der Waals surface area contributed by atoms with Gasteiger partial charge in [0, 0.05) is 11.6 Å². The number of likely N-dealkylation sites (N-methyl/N-ethyl adjacent to an activating group) is 1. The van der Waals surface area contributed by atoms with E-state index in [-0.39, 0.29) is 0 Å². The molecule has 1 N–H and O–H groups in total. The number of nitrogens with zero attached hydrogens (tertiary/aromatic N) is 1. The van der Waals surface area contributed by atoms with Gasteiger partial charge in [-0.1, -0.05) is 19.8 Å². The van der Waals surface area contributed by atoms with Crippen molar-refractivity contribution in [3.63, 3.8) is 0 Å². The largest absolute Gasteiger partial charge is 0.377 e. The third kappa shape index (κ3) is 3.50. The van der Waals surface area contributed by atoms with Crippen LogP contribution in [-0.4, -0.2) is 48.8 Å². The Morgan fingerprint density at radius 1 is 1.11 bits per heavy atom. The van der Waals surface area contributed by atoms with Gasteiger partial charge in [0.2, 0.25) is 0 Å². The number of hydrogen-bond donors (Lipinski definition) is 1. The minimum atomic E-state index is 0.332. The molecule has 1 unspecified atom stereocenters. The molecule has 2 rings (SSSR count). The van der Waals surface area contributed by atoms with Gasteiger partial charge in [0.15, 0.2) is 0 Å². The van der Waals surface area contributed by atoms with Crippen molar-refractivity contribution in [1.29, 1.82) is 0 Å². The van der Waals surface area contributed by atoms with Crippen molar-refractivity contribution < 1.29 is 4.74 Å². The lowest BCUT2D eigenvalue weighted by atomic mass is 9.86. The molecule has 0 bridgehead atoms. The predicted molar refractivity (Wildman–Crippen MR) is 80.6 cm³/mol. The van der Waals surface area contributed by atoms with Gasteiger partial charge in [0.05, 0.1) is 12.7 Å². The monoisotopic (exact) mass is 268 g/mol. The van der Waals surface area contributed by atoms with Crippen LogP contribution in [0.25, 0.3) is 0 Å². The van der Waals surface area contributed by atoms with Gasteiger partial charge in [-0.05, 0) is 59.2 Å². The fourth-order valence-electron chi connectivity index (χ4n) is 3.97. The second-order valence-corrected chi connectivity index (χ2v) is 6.50. The highest BCUT2D eigenvalue weighted by Crippen LogP contribution is 2.40. The number of ether oxygens (including phenoxy) is 1. The Balaban J connectivity index is 2.08. The van der Waals surface area contributed by atoms with Gasteiger partial charge in [-0.3, -0.25) is 4.90 Å². The maximum absolute atomic E-state index is 5.96. The minimum Gasteiger partial charge on any atom is -0.377 e. The summed E-state index contributed by atoms with van der Waals surface area (Å²) in [6.07, 6.45) is 8.58. The number of rotatable bonds is 7. The van der Waals surface area contributed by atoms with Crippen LogP contribution < -0.4 is 5.32 Å². The van der Waals surface area contributed by atoms with E-state index in [0.717, 1.165) is 13.2 Å². The molecular weight excluding hydrogens is 236 g/mol. The first kappa shape index (κ1) is 15.3. The first-order valence-corrected chi connectivity index (χ1v) is 8.29. The van der Waals surface area contributed by atoms with Crippen LogP contribution in [0.2, 0.25) is 0 Å². The molecule has 0 spiro atoms. The highest BCUT2D eigenvalue weighted by atomic mass is 16.5. The molecule has 1 aliphatic heterocycles. The summed E-state index contributed by atoms with van der Waals surface area (Å²) in [4.78, 5) is 2.77. The van der Waals surface area contributed by atoms with Crippen molar-refractivity contribution in [2.24, 2.45) is 0 Å². The normalized spacial score (nSPS) is 25.3. The lowest BCUT2D eigenvalue weighted by Gasteiger charge is -2.45. The number of hydrogen-bond acceptors (Lipinski definition) is 3. The molecule has 1 atom stereocenters. The van der Waals surface area contributed by atoms with Gasteiger partial charge >= 0.3 is 0 Å². The Labute approximate surface area is 119 Å². The highest BCUT2D eigenvalue weighted by Gasteiger charge is 2.46. The summed E-state index contributed by atoms with van der Waals surface area (Å²) in [5, 5.41) is 3.73. The van der Waals surface area contributed by atoms with E-state index >= 15 is 0 Å². The summed E-state index contributed by atoms with van der Waals surface area (Å²) >= 11 is 0. The van der Waals surface area contributed by atoms with Crippen LogP contribution in [0.3, 0.4) is 0 Å². The maximum Gasteiger partial charge on any atom is 0.0641 e. The van der Waals surface area contributed by atoms with Crippen LogP contribution in [0.15, 0.2) is 0 Å². The van der Waals surface area contributed by atoms with Crippen molar-refractivity contribution in [1.82, 2.24) is 10.2 Å². The van der Waals surface area contributed by atoms with Crippen LogP contribution >= 0.6 is 0 Å². The molecule has 112 valence electrons. The van der Waals surface area contributed by atoms with E-state index in [1.165, 1.54) is 51.6 Å². The summed E-state index contributed by atoms with van der Waals surface area (Å²) in [5.74, 6) is 0. The number of likely N-dealkylation sites (tertiary alicyclic amines) is 1. The molecule has 2 aliphatic rings. The van der Waals surface area contributed by atoms with Crippen LogP contribution in [0.4, 0.5) is 0 Å². The van der Waals surface area contributed by atoms with Gasteiger partial charge in [0.1, 0.15) is 0 Å². The molecular formula is C16H32N2O. The van der Waals surface area contributed by atoms with Crippen LogP contribution in [0, 0.1) is 0 Å². The molecule has 1 saturated heterocycles. The summed E-state index contributed by atoms with van der Waals surface area (Å²) in [6, 6.07) is 0.500. The number of nitrogens with one attached hydrogen (secondary N) is 1. The second-order valence-electron chi connectivity index (χ2n) is 6.50. The van der Waals surface area contributed by atoms with Gasteiger partial charge in [-0.15, -0.1) is 0 Å². The lowest BCUT2D eigenvalue weighted by Crippen LogP contribution is -2.61. The van der Waals surface area contributed by atoms with E-state index in [4.69, 9.17) is 4.74 Å². The van der Waals surface area contributed by atoms with Gasteiger partial charge < -0.3 is 10.1 Å². The zero-order chi connectivity index (χ0) is 13.7. The van der Waals surface area contributed by atoms with Crippen molar-refractivity contribution in [2.75, 3.05) is 26.2 Å². The zero-order valence-corrected chi connectivity index (χ0v) is 13.1. The fourth-order valence-corrected chi connectivity index (χ4v) is 3.97. The Morgan fingerprint density at radius 2 is 1.74 bits per heavy atom. The first-order chi connectivity index (χ1) is 9.19. The Kier molecular flexibility index (Phi) is 5.67. The Morgan fingerprint density at radius 3 is 2.26 bits per heavy atom. The van der Waals surface area contributed by atoms with E-state index in [1.54, 1.807) is 0 Å². The van der Waals surface area contributed by atoms with Crippen molar-refractivity contribution >= 4 is 0 Å². The summed E-state index contributed by atoms with van der Waals surface area (Å²) in [7, 11) is 0. The molecule has 0 aromatic heterocycles. The van der Waals surface area contributed by atoms with Crippen molar-refractivity contribution in [2.45, 2.75) is 77.0 Å². The molecule has 3 heteroatoms. The van der Waals surface area contributed by atoms with Gasteiger partial charge in [-0.2, -0.15) is 0 Å². The summed E-state index contributed by atoms with van der Waals surface area (Å²) in [6.45, 7) is 11.0. The maximum atomic E-state index is 5.96. The Hall–Kier alpha value is -0.120. The van der Waals surface area contributed by atoms with E-state index in [9.17, 15) is 0 Å². The quantitative estimate of drug-likeness (QED) is 0.768. The SMILES string of the molecule is CCNC(COC(C)C)C1(N2CCCC2)CCCC1. The average molecular weight is 268 g/mol. The Bertz CT molecular complexity index is 255. The lowest BCUT2D eigenvalue weighted by molar-refractivity contribution is -0.000489. The molecule has 0 aromatic rings. The fraction of sp³-hybridized carbons (Fsp3) is 1.00. The summed E-state index contributed by atoms with van der Waals surface area (Å²) in [5.41, 5.74) is 0.376. The van der Waals surface area contributed by atoms with Crippen molar-refractivity contribution in [3.8, 4) is 0 Å². The van der Waals surface area contributed by atoms with E-state index in [2.05, 4.69) is 31.0 Å². The molecule has 1 saturated carbocycles. The van der Waals surface area contributed by atoms with Crippen LogP contribution in [0.1, 0.15) is 59.3 Å². The van der Waals surface area contributed by atoms with Gasteiger partial charge in [0.25, 0.3) is 0 Å². The third-order valence-electron chi connectivity index (χ3n) is 4.90. The smallest absolute Gasteiger partial charge is 0.0641 e. The molecule has 1 aliphatic carbocycles. The second kappa shape index (κ2) is 7.05.